The standard InChI is InChI=1S/C13H16N2O2/c1-4-13(3)10(2)15(14-12(16)17-13)11-8-6-5-7-9-11/h5-9H,2,4H2,1,3H3,(H,14,16). The second-order valence-electron chi connectivity index (χ2n) is 4.20. The van der Waals surface area contributed by atoms with Crippen LogP contribution in [0.25, 0.3) is 0 Å². The molecule has 1 heterocycles. The zero-order chi connectivity index (χ0) is 12.5. The van der Waals surface area contributed by atoms with Crippen LogP contribution in [-0.4, -0.2) is 11.7 Å². The molecule has 1 aromatic carbocycles. The topological polar surface area (TPSA) is 41.6 Å². The Bertz CT molecular complexity index is 444. The molecule has 1 fully saturated rings. The summed E-state index contributed by atoms with van der Waals surface area (Å²) in [6, 6.07) is 9.56. The van der Waals surface area contributed by atoms with E-state index in [4.69, 9.17) is 4.74 Å². The Kier molecular flexibility index (Phi) is 2.79. The van der Waals surface area contributed by atoms with Gasteiger partial charge in [-0.2, -0.15) is 0 Å². The van der Waals surface area contributed by atoms with E-state index in [2.05, 4.69) is 12.0 Å². The Morgan fingerprint density at radius 2 is 2.06 bits per heavy atom. The second kappa shape index (κ2) is 4.13. The van der Waals surface area contributed by atoms with Gasteiger partial charge < -0.3 is 4.74 Å². The number of para-hydroxylation sites is 1. The van der Waals surface area contributed by atoms with Crippen molar-refractivity contribution < 1.29 is 9.53 Å². The minimum absolute atomic E-state index is 0.453. The van der Waals surface area contributed by atoms with Gasteiger partial charge in [-0.25, -0.2) is 10.2 Å². The normalized spacial score (nSPS) is 24.2. The van der Waals surface area contributed by atoms with Gasteiger partial charge in [0.2, 0.25) is 0 Å². The van der Waals surface area contributed by atoms with Crippen molar-refractivity contribution in [3.63, 3.8) is 0 Å². The van der Waals surface area contributed by atoms with Crippen LogP contribution in [0.4, 0.5) is 10.5 Å². The van der Waals surface area contributed by atoms with Crippen molar-refractivity contribution in [2.24, 2.45) is 0 Å². The van der Waals surface area contributed by atoms with Crippen molar-refractivity contribution >= 4 is 11.8 Å². The number of hydrogen-bond donors (Lipinski definition) is 1. The first-order valence-corrected chi connectivity index (χ1v) is 5.61. The van der Waals surface area contributed by atoms with E-state index in [-0.39, 0.29) is 0 Å². The lowest BCUT2D eigenvalue weighted by Crippen LogP contribution is -2.56. The molecule has 0 spiro atoms. The van der Waals surface area contributed by atoms with Crippen LogP contribution in [0.2, 0.25) is 0 Å². The summed E-state index contributed by atoms with van der Waals surface area (Å²) in [6.07, 6.45) is 0.230. The van der Waals surface area contributed by atoms with E-state index < -0.39 is 11.7 Å². The van der Waals surface area contributed by atoms with E-state index in [1.165, 1.54) is 0 Å². The summed E-state index contributed by atoms with van der Waals surface area (Å²) in [7, 11) is 0. The lowest BCUT2D eigenvalue weighted by atomic mass is 9.98. The zero-order valence-corrected chi connectivity index (χ0v) is 10.1. The smallest absolute Gasteiger partial charge is 0.427 e. The molecule has 1 N–H and O–H groups in total. The number of carbonyl (C=O) groups is 1. The Morgan fingerprint density at radius 1 is 1.41 bits per heavy atom. The van der Waals surface area contributed by atoms with Gasteiger partial charge in [-0.1, -0.05) is 31.7 Å². The lowest BCUT2D eigenvalue weighted by Gasteiger charge is -2.42. The number of benzene rings is 1. The zero-order valence-electron chi connectivity index (χ0n) is 10.1. The number of nitrogens with zero attached hydrogens (tertiary/aromatic N) is 1. The highest BCUT2D eigenvalue weighted by Gasteiger charge is 2.39. The summed E-state index contributed by atoms with van der Waals surface area (Å²) < 4.78 is 5.30. The Balaban J connectivity index is 2.35. The summed E-state index contributed by atoms with van der Waals surface area (Å²) in [6.45, 7) is 7.85. The SMILES string of the molecule is C=C1N(c2ccccc2)NC(=O)OC1(C)CC. The van der Waals surface area contributed by atoms with Crippen molar-refractivity contribution in [2.75, 3.05) is 5.01 Å². The summed E-state index contributed by atoms with van der Waals surface area (Å²) in [4.78, 5) is 11.6. The Hall–Kier alpha value is -1.97. The number of hydrogen-bond acceptors (Lipinski definition) is 3. The maximum absolute atomic E-state index is 11.6. The monoisotopic (exact) mass is 232 g/mol. The highest BCUT2D eigenvalue weighted by atomic mass is 16.6. The van der Waals surface area contributed by atoms with Crippen molar-refractivity contribution in [3.8, 4) is 0 Å². The van der Waals surface area contributed by atoms with Gasteiger partial charge in [-0.05, 0) is 25.5 Å². The highest BCUT2D eigenvalue weighted by molar-refractivity contribution is 5.75. The largest absolute Gasteiger partial charge is 0.436 e. The predicted molar refractivity (Wildman–Crippen MR) is 66.4 cm³/mol. The van der Waals surface area contributed by atoms with E-state index in [9.17, 15) is 4.79 Å². The molecule has 1 atom stereocenters. The summed E-state index contributed by atoms with van der Waals surface area (Å²) in [5.41, 5.74) is 3.59. The molecule has 1 unspecified atom stereocenters. The molecule has 1 aliphatic heterocycles. The highest BCUT2D eigenvalue weighted by Crippen LogP contribution is 2.32. The van der Waals surface area contributed by atoms with E-state index in [1.807, 2.05) is 44.2 Å². The Labute approximate surface area is 101 Å². The molecule has 17 heavy (non-hydrogen) atoms. The number of rotatable bonds is 2. The average Bonchev–Trinajstić information content (AvgIpc) is 2.35. The van der Waals surface area contributed by atoms with Crippen LogP contribution in [0.1, 0.15) is 20.3 Å². The number of carbonyl (C=O) groups excluding carboxylic acids is 1. The van der Waals surface area contributed by atoms with Gasteiger partial charge >= 0.3 is 6.09 Å². The van der Waals surface area contributed by atoms with Gasteiger partial charge in [0.25, 0.3) is 0 Å². The van der Waals surface area contributed by atoms with Crippen LogP contribution in [0.15, 0.2) is 42.6 Å². The van der Waals surface area contributed by atoms with Gasteiger partial charge in [0.1, 0.15) is 0 Å². The third-order valence-electron chi connectivity index (χ3n) is 3.09. The molecule has 0 radical (unpaired) electrons. The summed E-state index contributed by atoms with van der Waals surface area (Å²) in [5.74, 6) is 0. The molecule has 1 amide bonds. The molecular weight excluding hydrogens is 216 g/mol. The third-order valence-corrected chi connectivity index (χ3v) is 3.09. The number of hydrazine groups is 1. The molecule has 1 aromatic rings. The molecule has 90 valence electrons. The first-order chi connectivity index (χ1) is 8.07. The van der Waals surface area contributed by atoms with Crippen molar-refractivity contribution in [2.45, 2.75) is 25.9 Å². The van der Waals surface area contributed by atoms with Crippen molar-refractivity contribution in [1.29, 1.82) is 0 Å². The van der Waals surface area contributed by atoms with Crippen LogP contribution in [0.5, 0.6) is 0 Å². The molecule has 0 aromatic heterocycles. The van der Waals surface area contributed by atoms with Gasteiger partial charge in [-0.3, -0.25) is 5.01 Å². The molecule has 1 saturated heterocycles. The van der Waals surface area contributed by atoms with E-state index >= 15 is 0 Å². The van der Waals surface area contributed by atoms with Crippen LogP contribution >= 0.6 is 0 Å². The van der Waals surface area contributed by atoms with Gasteiger partial charge in [0.05, 0.1) is 11.4 Å². The summed E-state index contributed by atoms with van der Waals surface area (Å²) in [5, 5.41) is 1.68. The second-order valence-corrected chi connectivity index (χ2v) is 4.20. The van der Waals surface area contributed by atoms with Gasteiger partial charge in [0.15, 0.2) is 5.60 Å². The van der Waals surface area contributed by atoms with E-state index in [0.717, 1.165) is 11.4 Å². The predicted octanol–water partition coefficient (Wildman–Crippen LogP) is 2.83. The number of cyclic esters (lactones) is 1. The number of amides is 1. The van der Waals surface area contributed by atoms with Crippen molar-refractivity contribution in [3.05, 3.63) is 42.6 Å². The lowest BCUT2D eigenvalue weighted by molar-refractivity contribution is 0.0312. The van der Waals surface area contributed by atoms with Crippen LogP contribution in [0, 0.1) is 0 Å². The number of nitrogens with one attached hydrogen (secondary N) is 1. The molecular formula is C13H16N2O2. The molecule has 4 nitrogen and oxygen atoms in total. The molecule has 0 bridgehead atoms. The molecule has 1 aliphatic rings. The van der Waals surface area contributed by atoms with Gasteiger partial charge in [0, 0.05) is 0 Å². The molecule has 2 rings (SSSR count). The minimum atomic E-state index is -0.655. The average molecular weight is 232 g/mol. The fraction of sp³-hybridized carbons (Fsp3) is 0.308. The van der Waals surface area contributed by atoms with Crippen LogP contribution in [-0.2, 0) is 4.74 Å². The molecule has 4 heteroatoms. The Morgan fingerprint density at radius 3 is 2.65 bits per heavy atom. The van der Waals surface area contributed by atoms with E-state index in [0.29, 0.717) is 6.42 Å². The quantitative estimate of drug-likeness (QED) is 0.852. The number of ether oxygens (including phenoxy) is 1. The fourth-order valence-electron chi connectivity index (χ4n) is 1.76. The molecule has 0 aliphatic carbocycles. The maximum atomic E-state index is 11.6. The maximum Gasteiger partial charge on any atom is 0.427 e. The summed E-state index contributed by atoms with van der Waals surface area (Å²) >= 11 is 0. The first kappa shape index (κ1) is 11.5. The van der Waals surface area contributed by atoms with Crippen LogP contribution < -0.4 is 10.4 Å². The first-order valence-electron chi connectivity index (χ1n) is 5.61. The van der Waals surface area contributed by atoms with Crippen molar-refractivity contribution in [1.82, 2.24) is 5.43 Å². The minimum Gasteiger partial charge on any atom is -0.436 e. The number of anilines is 1. The molecule has 0 saturated carbocycles. The third kappa shape index (κ3) is 1.98. The van der Waals surface area contributed by atoms with Crippen LogP contribution in [0.3, 0.4) is 0 Å². The fourth-order valence-corrected chi connectivity index (χ4v) is 1.76. The van der Waals surface area contributed by atoms with Gasteiger partial charge in [-0.15, -0.1) is 0 Å². The van der Waals surface area contributed by atoms with E-state index in [1.54, 1.807) is 5.01 Å².